The maximum atomic E-state index is 16.2. The number of Topliss-reactive ketones (excluding diaryl/α,β-unsaturated/α-hetero) is 1. The first-order chi connectivity index (χ1) is 20.9. The maximum Gasteiger partial charge on any atom is 0.228 e. The van der Waals surface area contributed by atoms with E-state index in [1.165, 1.54) is 24.5 Å². The molecular formula is C32H22FN7O2S. The molecule has 9 nitrogen and oxygen atoms in total. The summed E-state index contributed by atoms with van der Waals surface area (Å²) in [7, 11) is 0. The highest BCUT2D eigenvalue weighted by molar-refractivity contribution is 7.17. The van der Waals surface area contributed by atoms with Crippen LogP contribution in [0.25, 0.3) is 55.2 Å². The minimum Gasteiger partial charge on any atom is -0.335 e. The number of nitrogens with one attached hydrogen (secondary N) is 3. The van der Waals surface area contributed by atoms with Crippen molar-refractivity contribution in [3.8, 4) is 33.1 Å². The number of aromatic nitrogens is 6. The Bertz CT molecular complexity index is 2170. The third-order valence-electron chi connectivity index (χ3n) is 7.04. The standard InChI is InChI=1S/C32H22FN7O2S/c1-17(41)24-9-10-25(43-24)22-11-12-35-31-29(22)37-32(38-31)30-27-23(39-40-30)8-7-21(28(27)33)19-14-20(16-34-15-19)36-26(42)13-18-5-3-2-4-6-18/h2-12,14-16H,13H2,1H3,(H,36,42)(H,39,40)(H,35,37,38). The summed E-state index contributed by atoms with van der Waals surface area (Å²) in [5, 5.41) is 10.4. The molecular weight excluding hydrogens is 565 g/mol. The van der Waals surface area contributed by atoms with Gasteiger partial charge in [0.05, 0.1) is 39.6 Å². The fraction of sp³-hybridized carbons (Fsp3) is 0.0625. The van der Waals surface area contributed by atoms with Crippen molar-refractivity contribution in [2.75, 3.05) is 5.32 Å². The number of carbonyl (C=O) groups excluding carboxylic acids is 2. The van der Waals surface area contributed by atoms with Crippen molar-refractivity contribution in [3.63, 3.8) is 0 Å². The van der Waals surface area contributed by atoms with E-state index in [2.05, 4.69) is 35.5 Å². The van der Waals surface area contributed by atoms with Crippen molar-refractivity contribution in [2.45, 2.75) is 13.3 Å². The summed E-state index contributed by atoms with van der Waals surface area (Å²) in [6.45, 7) is 1.53. The highest BCUT2D eigenvalue weighted by Crippen LogP contribution is 2.36. The Balaban J connectivity index is 1.24. The number of nitrogens with zero attached hydrogens (tertiary/aromatic N) is 4. The second-order valence-corrected chi connectivity index (χ2v) is 11.0. The Morgan fingerprint density at radius 1 is 1.00 bits per heavy atom. The molecule has 1 amide bonds. The third-order valence-corrected chi connectivity index (χ3v) is 8.26. The van der Waals surface area contributed by atoms with Crippen LogP contribution in [0.1, 0.15) is 22.2 Å². The first-order valence-corrected chi connectivity index (χ1v) is 14.2. The van der Waals surface area contributed by atoms with Crippen LogP contribution in [0.5, 0.6) is 0 Å². The van der Waals surface area contributed by atoms with Crippen molar-refractivity contribution < 1.29 is 14.0 Å². The van der Waals surface area contributed by atoms with Gasteiger partial charge in [0.1, 0.15) is 11.5 Å². The Kier molecular flexibility index (Phi) is 6.55. The molecule has 0 bridgehead atoms. The van der Waals surface area contributed by atoms with Crippen LogP contribution >= 0.6 is 11.3 Å². The Labute approximate surface area is 247 Å². The van der Waals surface area contributed by atoms with E-state index >= 15 is 4.39 Å². The highest BCUT2D eigenvalue weighted by atomic mass is 32.1. The van der Waals surface area contributed by atoms with Crippen LogP contribution in [0.2, 0.25) is 0 Å². The summed E-state index contributed by atoms with van der Waals surface area (Å²) in [5.74, 6) is -0.359. The zero-order chi connectivity index (χ0) is 29.5. The molecule has 5 aromatic heterocycles. The maximum absolute atomic E-state index is 16.2. The van der Waals surface area contributed by atoms with Gasteiger partial charge in [0.2, 0.25) is 5.91 Å². The number of carbonyl (C=O) groups is 2. The van der Waals surface area contributed by atoms with Crippen LogP contribution in [0.3, 0.4) is 0 Å². The molecule has 0 unspecified atom stereocenters. The average Bonchev–Trinajstić information content (AvgIpc) is 3.76. The molecule has 210 valence electrons. The lowest BCUT2D eigenvalue weighted by Gasteiger charge is -2.09. The molecule has 0 radical (unpaired) electrons. The van der Waals surface area contributed by atoms with Gasteiger partial charge in [-0.25, -0.2) is 14.4 Å². The largest absolute Gasteiger partial charge is 0.335 e. The van der Waals surface area contributed by atoms with E-state index < -0.39 is 5.82 Å². The number of hydrogen-bond donors (Lipinski definition) is 3. The number of imidazole rings is 1. The molecule has 5 heterocycles. The number of ketones is 1. The quantitative estimate of drug-likeness (QED) is 0.176. The summed E-state index contributed by atoms with van der Waals surface area (Å²) in [4.78, 5) is 42.5. The molecule has 7 rings (SSSR count). The second kappa shape index (κ2) is 10.7. The van der Waals surface area contributed by atoms with Gasteiger partial charge in [0.15, 0.2) is 17.3 Å². The topological polar surface area (TPSA) is 129 Å². The molecule has 7 aromatic rings. The third kappa shape index (κ3) is 4.95. The normalized spacial score (nSPS) is 11.3. The number of hydrogen-bond acceptors (Lipinski definition) is 7. The van der Waals surface area contributed by atoms with Crippen molar-refractivity contribution >= 4 is 50.8 Å². The van der Waals surface area contributed by atoms with E-state index in [9.17, 15) is 9.59 Å². The van der Waals surface area contributed by atoms with Gasteiger partial charge in [-0.15, -0.1) is 11.3 Å². The molecule has 0 aliphatic rings. The van der Waals surface area contributed by atoms with E-state index in [1.807, 2.05) is 42.5 Å². The summed E-state index contributed by atoms with van der Waals surface area (Å²) in [6.07, 6.45) is 4.93. The van der Waals surface area contributed by atoms with Gasteiger partial charge in [0, 0.05) is 34.0 Å². The highest BCUT2D eigenvalue weighted by Gasteiger charge is 2.21. The number of amides is 1. The SMILES string of the molecule is CC(=O)c1ccc(-c2ccnc3nc(-c4n[nH]c5ccc(-c6cncc(NC(=O)Cc7ccccc7)c6)c(F)c45)[nH]c23)s1. The zero-order valence-corrected chi connectivity index (χ0v) is 23.5. The molecule has 0 spiro atoms. The van der Waals surface area contributed by atoms with Gasteiger partial charge in [-0.2, -0.15) is 5.10 Å². The first-order valence-electron chi connectivity index (χ1n) is 13.4. The number of H-pyrrole nitrogens is 2. The number of pyridine rings is 2. The summed E-state index contributed by atoms with van der Waals surface area (Å²) in [6, 6.07) is 20.0. The van der Waals surface area contributed by atoms with Crippen LogP contribution in [0, 0.1) is 5.82 Å². The van der Waals surface area contributed by atoms with E-state index in [4.69, 9.17) is 0 Å². The molecule has 0 aliphatic heterocycles. The number of halogens is 1. The van der Waals surface area contributed by atoms with E-state index in [1.54, 1.807) is 36.7 Å². The van der Waals surface area contributed by atoms with Gasteiger partial charge in [0.25, 0.3) is 0 Å². The molecule has 0 atom stereocenters. The Morgan fingerprint density at radius 3 is 2.67 bits per heavy atom. The van der Waals surface area contributed by atoms with Gasteiger partial charge in [-0.05, 0) is 48.9 Å². The van der Waals surface area contributed by atoms with Crippen molar-refractivity contribution in [1.82, 2.24) is 30.1 Å². The first kappa shape index (κ1) is 26.4. The van der Waals surface area contributed by atoms with Crippen LogP contribution in [-0.4, -0.2) is 41.8 Å². The predicted octanol–water partition coefficient (Wildman–Crippen LogP) is 6.81. The smallest absolute Gasteiger partial charge is 0.228 e. The summed E-state index contributed by atoms with van der Waals surface area (Å²) < 4.78 is 16.2. The minimum absolute atomic E-state index is 0.00331. The van der Waals surface area contributed by atoms with Crippen LogP contribution in [0.15, 0.2) is 85.3 Å². The van der Waals surface area contributed by atoms with E-state index in [0.717, 1.165) is 16.0 Å². The van der Waals surface area contributed by atoms with Crippen molar-refractivity contribution in [2.24, 2.45) is 0 Å². The van der Waals surface area contributed by atoms with Crippen molar-refractivity contribution in [1.29, 1.82) is 0 Å². The molecule has 11 heteroatoms. The van der Waals surface area contributed by atoms with Crippen LogP contribution in [0.4, 0.5) is 10.1 Å². The Morgan fingerprint density at radius 2 is 1.86 bits per heavy atom. The number of aromatic amines is 2. The van der Waals surface area contributed by atoms with Crippen LogP contribution < -0.4 is 5.32 Å². The molecule has 43 heavy (non-hydrogen) atoms. The van der Waals surface area contributed by atoms with Gasteiger partial charge in [-0.3, -0.25) is 19.7 Å². The monoisotopic (exact) mass is 587 g/mol. The van der Waals surface area contributed by atoms with Gasteiger partial charge >= 0.3 is 0 Å². The minimum atomic E-state index is -0.506. The van der Waals surface area contributed by atoms with E-state index in [0.29, 0.717) is 49.9 Å². The Hall–Kier alpha value is -5.55. The molecule has 0 aliphatic carbocycles. The lowest BCUT2D eigenvalue weighted by atomic mass is 10.0. The second-order valence-electron chi connectivity index (χ2n) is 9.96. The molecule has 0 saturated carbocycles. The van der Waals surface area contributed by atoms with Gasteiger partial charge < -0.3 is 10.3 Å². The van der Waals surface area contributed by atoms with Gasteiger partial charge in [-0.1, -0.05) is 30.3 Å². The number of benzene rings is 2. The van der Waals surface area contributed by atoms with Crippen molar-refractivity contribution in [3.05, 3.63) is 102 Å². The number of thiophene rings is 1. The molecule has 2 aromatic carbocycles. The lowest BCUT2D eigenvalue weighted by Crippen LogP contribution is -2.14. The number of anilines is 1. The van der Waals surface area contributed by atoms with Crippen LogP contribution in [-0.2, 0) is 11.2 Å². The number of rotatable bonds is 7. The fourth-order valence-electron chi connectivity index (χ4n) is 5.01. The molecule has 0 saturated heterocycles. The predicted molar refractivity (Wildman–Crippen MR) is 164 cm³/mol. The summed E-state index contributed by atoms with van der Waals surface area (Å²) >= 11 is 1.39. The zero-order valence-electron chi connectivity index (χ0n) is 22.7. The summed E-state index contributed by atoms with van der Waals surface area (Å²) in [5.41, 5.74) is 4.87. The molecule has 0 fully saturated rings. The fourth-order valence-corrected chi connectivity index (χ4v) is 5.94. The molecule has 3 N–H and O–H groups in total. The van der Waals surface area contributed by atoms with E-state index in [-0.39, 0.29) is 23.5 Å². The number of fused-ring (bicyclic) bond motifs is 2. The average molecular weight is 588 g/mol. The lowest BCUT2D eigenvalue weighted by molar-refractivity contribution is -0.115.